The Morgan fingerprint density at radius 1 is 0.880 bits per heavy atom. The molecule has 2 aromatic rings. The van der Waals surface area contributed by atoms with Crippen LogP contribution in [0.3, 0.4) is 0 Å². The predicted octanol–water partition coefficient (Wildman–Crippen LogP) is 4.24. The molecule has 2 aromatic carbocycles. The van der Waals surface area contributed by atoms with Crippen molar-refractivity contribution in [3.05, 3.63) is 66.2 Å². The molecule has 0 unspecified atom stereocenters. The summed E-state index contributed by atoms with van der Waals surface area (Å²) in [6.07, 6.45) is 5.30. The molecule has 0 aromatic heterocycles. The molecule has 25 heavy (non-hydrogen) atoms. The fraction of sp³-hybridized carbons (Fsp3) is 0.238. The highest BCUT2D eigenvalue weighted by Gasteiger charge is 2.47. The van der Waals surface area contributed by atoms with E-state index in [1.165, 1.54) is 4.90 Å². The lowest BCUT2D eigenvalue weighted by Gasteiger charge is -2.15. The second-order valence-electron chi connectivity index (χ2n) is 6.58. The van der Waals surface area contributed by atoms with Crippen molar-refractivity contribution >= 4 is 17.5 Å². The van der Waals surface area contributed by atoms with E-state index in [-0.39, 0.29) is 23.7 Å². The fourth-order valence-electron chi connectivity index (χ4n) is 3.53. The Morgan fingerprint density at radius 3 is 2.12 bits per heavy atom. The minimum absolute atomic E-state index is 0.0910. The van der Waals surface area contributed by atoms with Crippen LogP contribution in [0.2, 0.25) is 0 Å². The van der Waals surface area contributed by atoms with Crippen LogP contribution in [0.5, 0.6) is 11.5 Å². The van der Waals surface area contributed by atoms with Gasteiger partial charge in [-0.2, -0.15) is 0 Å². The van der Waals surface area contributed by atoms with Crippen LogP contribution >= 0.6 is 0 Å². The topological polar surface area (TPSA) is 46.6 Å². The summed E-state index contributed by atoms with van der Waals surface area (Å²) in [7, 11) is 0. The van der Waals surface area contributed by atoms with E-state index in [9.17, 15) is 9.59 Å². The van der Waals surface area contributed by atoms with E-state index in [1.807, 2.05) is 43.3 Å². The summed E-state index contributed by atoms with van der Waals surface area (Å²) in [5.74, 6) is 0.838. The largest absolute Gasteiger partial charge is 0.457 e. The Morgan fingerprint density at radius 2 is 1.52 bits per heavy atom. The van der Waals surface area contributed by atoms with Gasteiger partial charge in [-0.3, -0.25) is 14.5 Å². The third kappa shape index (κ3) is 2.84. The standard InChI is InChI=1S/C21H19NO3/c1-14-5-4-6-17(13-14)25-16-11-9-15(10-12-16)22-20(23)18-7-2-3-8-19(18)21(22)24/h2-6,9-13,18-19H,7-8H2,1H3/t18-,19-/m0/s1. The number of imide groups is 1. The van der Waals surface area contributed by atoms with Crippen molar-refractivity contribution in [2.24, 2.45) is 11.8 Å². The maximum absolute atomic E-state index is 12.6. The van der Waals surface area contributed by atoms with Crippen molar-refractivity contribution in [1.29, 1.82) is 0 Å². The van der Waals surface area contributed by atoms with Crippen LogP contribution in [-0.2, 0) is 9.59 Å². The molecule has 2 atom stereocenters. The quantitative estimate of drug-likeness (QED) is 0.623. The SMILES string of the molecule is Cc1cccc(Oc2ccc(N3C(=O)[C@H]4CC=CC[C@@H]4C3=O)cc2)c1. The average Bonchev–Trinajstić information content (AvgIpc) is 2.87. The molecule has 126 valence electrons. The van der Waals surface area contributed by atoms with Gasteiger partial charge < -0.3 is 4.74 Å². The molecule has 0 spiro atoms. The molecule has 4 heteroatoms. The van der Waals surface area contributed by atoms with Gasteiger partial charge in [0.05, 0.1) is 17.5 Å². The van der Waals surface area contributed by atoms with Crippen LogP contribution in [0.15, 0.2) is 60.7 Å². The molecule has 0 N–H and O–H groups in total. The number of carbonyl (C=O) groups excluding carboxylic acids is 2. The zero-order chi connectivity index (χ0) is 17.4. The zero-order valence-corrected chi connectivity index (χ0v) is 14.0. The Labute approximate surface area is 146 Å². The maximum atomic E-state index is 12.6. The molecule has 2 aliphatic rings. The Bertz CT molecular complexity index is 828. The lowest BCUT2D eigenvalue weighted by molar-refractivity contribution is -0.122. The molecule has 2 amide bonds. The molecule has 4 nitrogen and oxygen atoms in total. The third-order valence-electron chi connectivity index (χ3n) is 4.83. The van der Waals surface area contributed by atoms with Gasteiger partial charge in [0.25, 0.3) is 0 Å². The van der Waals surface area contributed by atoms with E-state index in [1.54, 1.807) is 24.3 Å². The second kappa shape index (κ2) is 6.20. The van der Waals surface area contributed by atoms with Crippen LogP contribution < -0.4 is 9.64 Å². The van der Waals surface area contributed by atoms with Crippen LogP contribution in [-0.4, -0.2) is 11.8 Å². The molecule has 0 saturated carbocycles. The number of hydrogen-bond donors (Lipinski definition) is 0. The van der Waals surface area contributed by atoms with Gasteiger partial charge in [0.15, 0.2) is 0 Å². The molecular formula is C21H19NO3. The summed E-state index contributed by atoms with van der Waals surface area (Å²) in [4.78, 5) is 26.5. The van der Waals surface area contributed by atoms with Crippen LogP contribution in [0.25, 0.3) is 0 Å². The number of nitrogens with zero attached hydrogens (tertiary/aromatic N) is 1. The Balaban J connectivity index is 1.54. The number of hydrogen-bond acceptors (Lipinski definition) is 3. The number of amides is 2. The number of rotatable bonds is 3. The number of benzene rings is 2. The zero-order valence-electron chi connectivity index (χ0n) is 14.0. The summed E-state index contributed by atoms with van der Waals surface area (Å²) in [5.41, 5.74) is 1.74. The van der Waals surface area contributed by atoms with Gasteiger partial charge in [-0.25, -0.2) is 0 Å². The van der Waals surface area contributed by atoms with Crippen molar-refractivity contribution in [1.82, 2.24) is 0 Å². The molecular weight excluding hydrogens is 314 g/mol. The van der Waals surface area contributed by atoms with Crippen molar-refractivity contribution in [2.75, 3.05) is 4.90 Å². The highest BCUT2D eigenvalue weighted by atomic mass is 16.5. The highest BCUT2D eigenvalue weighted by Crippen LogP contribution is 2.38. The first-order valence-corrected chi connectivity index (χ1v) is 8.51. The van der Waals surface area contributed by atoms with Crippen LogP contribution in [0.4, 0.5) is 5.69 Å². The van der Waals surface area contributed by atoms with Crippen LogP contribution in [0.1, 0.15) is 18.4 Å². The molecule has 4 rings (SSSR count). The van der Waals surface area contributed by atoms with Gasteiger partial charge in [0.2, 0.25) is 11.8 Å². The monoisotopic (exact) mass is 333 g/mol. The lowest BCUT2D eigenvalue weighted by atomic mass is 9.85. The summed E-state index contributed by atoms with van der Waals surface area (Å²) < 4.78 is 5.83. The van der Waals surface area contributed by atoms with Gasteiger partial charge in [-0.15, -0.1) is 0 Å². The predicted molar refractivity (Wildman–Crippen MR) is 95.5 cm³/mol. The summed E-state index contributed by atoms with van der Waals surface area (Å²) in [6.45, 7) is 2.01. The average molecular weight is 333 g/mol. The molecule has 1 fully saturated rings. The molecule has 0 bridgehead atoms. The Hall–Kier alpha value is -2.88. The molecule has 1 heterocycles. The number of aryl methyl sites for hydroxylation is 1. The van der Waals surface area contributed by atoms with E-state index in [2.05, 4.69) is 0 Å². The first-order chi connectivity index (χ1) is 12.1. The fourth-order valence-corrected chi connectivity index (χ4v) is 3.53. The van der Waals surface area contributed by atoms with Crippen molar-refractivity contribution in [3.63, 3.8) is 0 Å². The maximum Gasteiger partial charge on any atom is 0.238 e. The van der Waals surface area contributed by atoms with Gasteiger partial charge >= 0.3 is 0 Å². The molecule has 1 aliphatic heterocycles. The van der Waals surface area contributed by atoms with E-state index in [0.29, 0.717) is 24.3 Å². The number of allylic oxidation sites excluding steroid dienone is 2. The number of ether oxygens (including phenoxy) is 1. The van der Waals surface area contributed by atoms with Gasteiger partial charge in [-0.05, 0) is 61.7 Å². The van der Waals surface area contributed by atoms with E-state index in [4.69, 9.17) is 4.74 Å². The number of anilines is 1. The molecule has 1 aliphatic carbocycles. The summed E-state index contributed by atoms with van der Waals surface area (Å²) >= 11 is 0. The second-order valence-corrected chi connectivity index (χ2v) is 6.58. The van der Waals surface area contributed by atoms with Gasteiger partial charge in [0.1, 0.15) is 11.5 Å². The molecule has 1 saturated heterocycles. The van der Waals surface area contributed by atoms with E-state index < -0.39 is 0 Å². The number of fused-ring (bicyclic) bond motifs is 1. The third-order valence-corrected chi connectivity index (χ3v) is 4.83. The summed E-state index contributed by atoms with van der Waals surface area (Å²) in [6, 6.07) is 14.9. The van der Waals surface area contributed by atoms with E-state index >= 15 is 0 Å². The van der Waals surface area contributed by atoms with Crippen LogP contribution in [0, 0.1) is 18.8 Å². The number of carbonyl (C=O) groups is 2. The smallest absolute Gasteiger partial charge is 0.238 e. The Kier molecular flexibility index (Phi) is 3.88. The molecule has 0 radical (unpaired) electrons. The normalized spacial score (nSPS) is 22.2. The summed E-state index contributed by atoms with van der Waals surface area (Å²) in [5, 5.41) is 0. The first kappa shape index (κ1) is 15.6. The lowest BCUT2D eigenvalue weighted by Crippen LogP contribution is -2.30. The van der Waals surface area contributed by atoms with Crippen molar-refractivity contribution in [2.45, 2.75) is 19.8 Å². The first-order valence-electron chi connectivity index (χ1n) is 8.51. The van der Waals surface area contributed by atoms with Crippen molar-refractivity contribution in [3.8, 4) is 11.5 Å². The minimum Gasteiger partial charge on any atom is -0.457 e. The van der Waals surface area contributed by atoms with E-state index in [0.717, 1.165) is 11.3 Å². The minimum atomic E-state index is -0.208. The van der Waals surface area contributed by atoms with Gasteiger partial charge in [-0.1, -0.05) is 24.3 Å². The highest BCUT2D eigenvalue weighted by molar-refractivity contribution is 6.22. The van der Waals surface area contributed by atoms with Crippen molar-refractivity contribution < 1.29 is 14.3 Å². The van der Waals surface area contributed by atoms with Gasteiger partial charge in [0, 0.05) is 0 Å².